The number of hydrazone groups is 1. The van der Waals surface area contributed by atoms with Crippen molar-refractivity contribution < 1.29 is 4.79 Å². The van der Waals surface area contributed by atoms with Crippen LogP contribution in [0.4, 0.5) is 5.69 Å². The van der Waals surface area contributed by atoms with Crippen LogP contribution in [-0.2, 0) is 4.79 Å². The molecule has 0 radical (unpaired) electrons. The van der Waals surface area contributed by atoms with Crippen molar-refractivity contribution in [2.24, 2.45) is 5.10 Å². The monoisotopic (exact) mass is 374 g/mol. The van der Waals surface area contributed by atoms with E-state index in [4.69, 9.17) is 11.6 Å². The molecule has 0 N–H and O–H groups in total. The minimum atomic E-state index is -0.136. The molecule has 0 aliphatic carbocycles. The number of nitrogens with zero attached hydrogens (tertiary/aromatic N) is 2. The molecule has 0 fully saturated rings. The molecule has 3 rings (SSSR count). The second-order valence-corrected chi connectivity index (χ2v) is 6.24. The summed E-state index contributed by atoms with van der Waals surface area (Å²) < 4.78 is 1.00. The zero-order valence-corrected chi connectivity index (χ0v) is 14.1. The maximum atomic E-state index is 12.6. The minimum absolute atomic E-state index is 0.136. The number of benzene rings is 2. The first kappa shape index (κ1) is 15.0. The highest BCUT2D eigenvalue weighted by Gasteiger charge is 2.28. The molecule has 0 unspecified atom stereocenters. The summed E-state index contributed by atoms with van der Waals surface area (Å²) in [7, 11) is 0. The first-order valence-electron chi connectivity index (χ1n) is 6.67. The van der Waals surface area contributed by atoms with E-state index < -0.39 is 0 Å². The molecule has 2 aromatic carbocycles. The molecule has 0 saturated heterocycles. The van der Waals surface area contributed by atoms with Gasteiger partial charge in [0.15, 0.2) is 0 Å². The van der Waals surface area contributed by atoms with Gasteiger partial charge in [-0.05, 0) is 55.0 Å². The van der Waals surface area contributed by atoms with Gasteiger partial charge in [-0.1, -0.05) is 39.7 Å². The second kappa shape index (κ2) is 6.07. The molecular formula is C17H12BrClN2O. The van der Waals surface area contributed by atoms with Crippen LogP contribution in [0, 0.1) is 0 Å². The van der Waals surface area contributed by atoms with E-state index in [1.807, 2.05) is 37.3 Å². The van der Waals surface area contributed by atoms with Crippen molar-refractivity contribution in [1.82, 2.24) is 0 Å². The van der Waals surface area contributed by atoms with Crippen molar-refractivity contribution in [2.75, 3.05) is 5.01 Å². The third-order valence-corrected chi connectivity index (χ3v) is 4.10. The van der Waals surface area contributed by atoms with E-state index in [-0.39, 0.29) is 5.91 Å². The molecule has 1 aliphatic heterocycles. The minimum Gasteiger partial charge on any atom is -0.267 e. The van der Waals surface area contributed by atoms with Gasteiger partial charge in [0, 0.05) is 9.50 Å². The van der Waals surface area contributed by atoms with Gasteiger partial charge in [-0.15, -0.1) is 0 Å². The Morgan fingerprint density at radius 3 is 2.36 bits per heavy atom. The lowest BCUT2D eigenvalue weighted by molar-refractivity contribution is -0.114. The van der Waals surface area contributed by atoms with Crippen molar-refractivity contribution in [1.29, 1.82) is 0 Å². The summed E-state index contributed by atoms with van der Waals surface area (Å²) in [6, 6.07) is 14.8. The summed E-state index contributed by atoms with van der Waals surface area (Å²) in [5.41, 5.74) is 2.95. The number of carbonyl (C=O) groups is 1. The maximum absolute atomic E-state index is 12.6. The molecule has 22 heavy (non-hydrogen) atoms. The highest BCUT2D eigenvalue weighted by atomic mass is 79.9. The van der Waals surface area contributed by atoms with Crippen LogP contribution in [0.15, 0.2) is 63.7 Å². The number of hydrogen-bond donors (Lipinski definition) is 0. The van der Waals surface area contributed by atoms with Gasteiger partial charge in [0.25, 0.3) is 5.91 Å². The molecular weight excluding hydrogens is 364 g/mol. The van der Waals surface area contributed by atoms with E-state index in [1.54, 1.807) is 24.3 Å². The lowest BCUT2D eigenvalue weighted by Gasteiger charge is -2.11. The highest BCUT2D eigenvalue weighted by Crippen LogP contribution is 2.26. The largest absolute Gasteiger partial charge is 0.280 e. The Labute approximate surface area is 142 Å². The van der Waals surface area contributed by atoms with E-state index >= 15 is 0 Å². The normalized spacial score (nSPS) is 16.3. The average Bonchev–Trinajstić information content (AvgIpc) is 2.78. The summed E-state index contributed by atoms with van der Waals surface area (Å²) in [4.78, 5) is 12.6. The van der Waals surface area contributed by atoms with Crippen LogP contribution in [0.25, 0.3) is 6.08 Å². The van der Waals surface area contributed by atoms with Gasteiger partial charge in [0.05, 0.1) is 17.0 Å². The molecule has 0 aromatic heterocycles. The molecule has 0 saturated carbocycles. The van der Waals surface area contributed by atoms with Crippen molar-refractivity contribution >= 4 is 50.9 Å². The SMILES string of the molecule is CC1=NN(c2ccc(Cl)cc2)C(=O)/C1=C/c1ccc(Br)cc1. The van der Waals surface area contributed by atoms with Gasteiger partial charge >= 0.3 is 0 Å². The van der Waals surface area contributed by atoms with Crippen LogP contribution in [-0.4, -0.2) is 11.6 Å². The van der Waals surface area contributed by atoms with Crippen LogP contribution in [0.3, 0.4) is 0 Å². The van der Waals surface area contributed by atoms with Gasteiger partial charge in [0.1, 0.15) is 0 Å². The number of carbonyl (C=O) groups excluding carboxylic acids is 1. The van der Waals surface area contributed by atoms with E-state index in [1.165, 1.54) is 5.01 Å². The Bertz CT molecular complexity index is 779. The molecule has 0 atom stereocenters. The van der Waals surface area contributed by atoms with E-state index in [0.29, 0.717) is 22.0 Å². The summed E-state index contributed by atoms with van der Waals surface area (Å²) in [6.07, 6.45) is 1.85. The van der Waals surface area contributed by atoms with Crippen molar-refractivity contribution in [3.63, 3.8) is 0 Å². The average molecular weight is 376 g/mol. The zero-order valence-electron chi connectivity index (χ0n) is 11.8. The van der Waals surface area contributed by atoms with E-state index in [2.05, 4.69) is 21.0 Å². The lowest BCUT2D eigenvalue weighted by atomic mass is 10.1. The Morgan fingerprint density at radius 2 is 1.73 bits per heavy atom. The number of halogens is 2. The third-order valence-electron chi connectivity index (χ3n) is 3.31. The molecule has 3 nitrogen and oxygen atoms in total. The van der Waals surface area contributed by atoms with Crippen LogP contribution in [0.2, 0.25) is 5.02 Å². The third kappa shape index (κ3) is 2.98. The van der Waals surface area contributed by atoms with Crippen LogP contribution >= 0.6 is 27.5 Å². The number of hydrogen-bond acceptors (Lipinski definition) is 2. The van der Waals surface area contributed by atoms with Gasteiger partial charge in [0.2, 0.25) is 0 Å². The summed E-state index contributed by atoms with van der Waals surface area (Å²) in [5.74, 6) is -0.136. The predicted octanol–water partition coefficient (Wildman–Crippen LogP) is 4.91. The standard InChI is InChI=1S/C17H12BrClN2O/c1-11-16(10-12-2-4-13(18)5-3-12)17(22)21(20-11)15-8-6-14(19)7-9-15/h2-10H,1H3/b16-10+. The quantitative estimate of drug-likeness (QED) is 0.687. The Hall–Kier alpha value is -1.91. The second-order valence-electron chi connectivity index (χ2n) is 4.89. The zero-order chi connectivity index (χ0) is 15.7. The Balaban J connectivity index is 1.92. The molecule has 0 bridgehead atoms. The predicted molar refractivity (Wildman–Crippen MR) is 94.2 cm³/mol. The molecule has 5 heteroatoms. The lowest BCUT2D eigenvalue weighted by Crippen LogP contribution is -2.21. The Morgan fingerprint density at radius 1 is 1.09 bits per heavy atom. The van der Waals surface area contributed by atoms with Crippen LogP contribution in [0.5, 0.6) is 0 Å². The first-order valence-corrected chi connectivity index (χ1v) is 7.84. The Kier molecular flexibility index (Phi) is 4.14. The molecule has 110 valence electrons. The topological polar surface area (TPSA) is 32.7 Å². The number of anilines is 1. The highest BCUT2D eigenvalue weighted by molar-refractivity contribution is 9.10. The summed E-state index contributed by atoms with van der Waals surface area (Å²) >= 11 is 9.28. The molecule has 1 heterocycles. The fourth-order valence-corrected chi connectivity index (χ4v) is 2.56. The van der Waals surface area contributed by atoms with Crippen molar-refractivity contribution in [3.8, 4) is 0 Å². The van der Waals surface area contributed by atoms with E-state index in [9.17, 15) is 4.79 Å². The van der Waals surface area contributed by atoms with Crippen molar-refractivity contribution in [3.05, 3.63) is 69.2 Å². The smallest absolute Gasteiger partial charge is 0.267 e. The number of amides is 1. The van der Waals surface area contributed by atoms with Crippen molar-refractivity contribution in [2.45, 2.75) is 6.92 Å². The number of rotatable bonds is 2. The van der Waals surface area contributed by atoms with E-state index in [0.717, 1.165) is 10.0 Å². The maximum Gasteiger partial charge on any atom is 0.280 e. The molecule has 1 amide bonds. The van der Waals surface area contributed by atoms with Gasteiger partial charge in [-0.2, -0.15) is 10.1 Å². The summed E-state index contributed by atoms with van der Waals surface area (Å²) in [6.45, 7) is 1.83. The van der Waals surface area contributed by atoms with Gasteiger partial charge in [-0.25, -0.2) is 0 Å². The fourth-order valence-electron chi connectivity index (χ4n) is 2.17. The molecule has 2 aromatic rings. The van der Waals surface area contributed by atoms with Crippen LogP contribution in [0.1, 0.15) is 12.5 Å². The fraction of sp³-hybridized carbons (Fsp3) is 0.0588. The summed E-state index contributed by atoms with van der Waals surface area (Å²) in [5, 5.41) is 6.37. The van der Waals surface area contributed by atoms with Gasteiger partial charge in [-0.3, -0.25) is 4.79 Å². The first-order chi connectivity index (χ1) is 10.5. The molecule has 1 aliphatic rings. The van der Waals surface area contributed by atoms with Crippen LogP contribution < -0.4 is 5.01 Å². The van der Waals surface area contributed by atoms with Gasteiger partial charge < -0.3 is 0 Å². The molecule has 0 spiro atoms.